The van der Waals surface area contributed by atoms with Crippen molar-refractivity contribution >= 4 is 5.82 Å². The average molecular weight is 257 g/mol. The second-order valence-corrected chi connectivity index (χ2v) is 4.34. The fourth-order valence-electron chi connectivity index (χ4n) is 1.77. The van der Waals surface area contributed by atoms with E-state index < -0.39 is 0 Å². The van der Waals surface area contributed by atoms with Gasteiger partial charge < -0.3 is 10.5 Å². The number of nitrogens with zero attached hydrogens (tertiary/aromatic N) is 2. The quantitative estimate of drug-likeness (QED) is 0.894. The first-order valence-electron chi connectivity index (χ1n) is 6.59. The number of aromatic nitrogens is 2. The highest BCUT2D eigenvalue weighted by Gasteiger charge is 2.06. The van der Waals surface area contributed by atoms with Gasteiger partial charge in [-0.25, -0.2) is 9.97 Å². The van der Waals surface area contributed by atoms with Gasteiger partial charge in [0.05, 0.1) is 6.61 Å². The van der Waals surface area contributed by atoms with Gasteiger partial charge >= 0.3 is 0 Å². The van der Waals surface area contributed by atoms with E-state index in [1.165, 1.54) is 0 Å². The molecule has 0 fully saturated rings. The molecule has 0 aliphatic carbocycles. The fourth-order valence-corrected chi connectivity index (χ4v) is 1.77. The second-order valence-electron chi connectivity index (χ2n) is 4.34. The van der Waals surface area contributed by atoms with Crippen LogP contribution in [0.5, 0.6) is 5.75 Å². The summed E-state index contributed by atoms with van der Waals surface area (Å²) in [7, 11) is 0. The van der Waals surface area contributed by atoms with Gasteiger partial charge in [-0.1, -0.05) is 26.0 Å². The lowest BCUT2D eigenvalue weighted by atomic mass is 10.2. The van der Waals surface area contributed by atoms with E-state index >= 15 is 0 Å². The van der Waals surface area contributed by atoms with Crippen LogP contribution in [-0.2, 0) is 6.42 Å². The Balaban J connectivity index is 2.32. The van der Waals surface area contributed by atoms with Crippen molar-refractivity contribution in [3.8, 4) is 17.1 Å². The smallest absolute Gasteiger partial charge is 0.161 e. The molecule has 2 rings (SSSR count). The minimum atomic E-state index is 0.502. The molecule has 2 aromatic rings. The van der Waals surface area contributed by atoms with Gasteiger partial charge in [0.2, 0.25) is 0 Å². The molecule has 4 nitrogen and oxygen atoms in total. The van der Waals surface area contributed by atoms with Gasteiger partial charge in [0, 0.05) is 17.3 Å². The molecule has 0 atom stereocenters. The fraction of sp³-hybridized carbons (Fsp3) is 0.333. The molecule has 1 aromatic carbocycles. The van der Waals surface area contributed by atoms with Crippen molar-refractivity contribution in [2.75, 3.05) is 12.3 Å². The number of aryl methyl sites for hydroxylation is 1. The van der Waals surface area contributed by atoms with Gasteiger partial charge in [-0.05, 0) is 25.0 Å². The first-order valence-corrected chi connectivity index (χ1v) is 6.59. The van der Waals surface area contributed by atoms with Crippen molar-refractivity contribution in [1.82, 2.24) is 9.97 Å². The van der Waals surface area contributed by atoms with Crippen LogP contribution in [0.15, 0.2) is 30.3 Å². The molecule has 0 amide bonds. The van der Waals surface area contributed by atoms with Crippen LogP contribution in [0.1, 0.15) is 26.0 Å². The third-order valence-electron chi connectivity index (χ3n) is 2.73. The lowest BCUT2D eigenvalue weighted by Crippen LogP contribution is -2.00. The van der Waals surface area contributed by atoms with Crippen molar-refractivity contribution in [1.29, 1.82) is 0 Å². The Labute approximate surface area is 113 Å². The predicted molar refractivity (Wildman–Crippen MR) is 77.0 cm³/mol. The van der Waals surface area contributed by atoms with Gasteiger partial charge in [-0.2, -0.15) is 0 Å². The lowest BCUT2D eigenvalue weighted by molar-refractivity contribution is 0.317. The van der Waals surface area contributed by atoms with Gasteiger partial charge in [0.15, 0.2) is 5.82 Å². The lowest BCUT2D eigenvalue weighted by Gasteiger charge is -2.08. The van der Waals surface area contributed by atoms with Crippen LogP contribution in [-0.4, -0.2) is 16.6 Å². The van der Waals surface area contributed by atoms with E-state index in [0.29, 0.717) is 18.2 Å². The third-order valence-corrected chi connectivity index (χ3v) is 2.73. The Morgan fingerprint density at radius 3 is 2.74 bits per heavy atom. The molecule has 1 aromatic heterocycles. The molecule has 100 valence electrons. The van der Waals surface area contributed by atoms with E-state index in [4.69, 9.17) is 10.5 Å². The minimum absolute atomic E-state index is 0.502. The summed E-state index contributed by atoms with van der Waals surface area (Å²) in [6, 6.07) is 9.60. The molecular formula is C15H19N3O. The Hall–Kier alpha value is -2.10. The molecule has 0 spiro atoms. The summed E-state index contributed by atoms with van der Waals surface area (Å²) in [5.41, 5.74) is 7.68. The third kappa shape index (κ3) is 3.44. The maximum absolute atomic E-state index is 5.81. The highest BCUT2D eigenvalue weighted by Crippen LogP contribution is 2.22. The minimum Gasteiger partial charge on any atom is -0.494 e. The number of nitrogen functional groups attached to an aromatic ring is 1. The van der Waals surface area contributed by atoms with Crippen LogP contribution < -0.4 is 10.5 Å². The number of ether oxygens (including phenoxy) is 1. The molecule has 0 aliphatic heterocycles. The largest absolute Gasteiger partial charge is 0.494 e. The molecule has 19 heavy (non-hydrogen) atoms. The molecule has 0 bridgehead atoms. The second kappa shape index (κ2) is 6.18. The Morgan fingerprint density at radius 1 is 1.16 bits per heavy atom. The van der Waals surface area contributed by atoms with Gasteiger partial charge in [0.1, 0.15) is 11.6 Å². The maximum Gasteiger partial charge on any atom is 0.161 e. The van der Waals surface area contributed by atoms with E-state index in [-0.39, 0.29) is 0 Å². The van der Waals surface area contributed by atoms with E-state index in [0.717, 1.165) is 29.8 Å². The summed E-state index contributed by atoms with van der Waals surface area (Å²) >= 11 is 0. The number of hydrogen-bond acceptors (Lipinski definition) is 4. The molecular weight excluding hydrogens is 238 g/mol. The average Bonchev–Trinajstić information content (AvgIpc) is 2.44. The normalized spacial score (nSPS) is 10.4. The Kier molecular flexibility index (Phi) is 4.34. The van der Waals surface area contributed by atoms with Crippen LogP contribution in [0.4, 0.5) is 5.82 Å². The van der Waals surface area contributed by atoms with E-state index in [1.807, 2.05) is 31.2 Å². The van der Waals surface area contributed by atoms with Gasteiger partial charge in [-0.15, -0.1) is 0 Å². The topological polar surface area (TPSA) is 61.0 Å². The monoisotopic (exact) mass is 257 g/mol. The number of rotatable bonds is 5. The van der Waals surface area contributed by atoms with Crippen LogP contribution in [0.3, 0.4) is 0 Å². The summed E-state index contributed by atoms with van der Waals surface area (Å²) in [5, 5.41) is 0. The molecule has 2 N–H and O–H groups in total. The van der Waals surface area contributed by atoms with Crippen LogP contribution in [0.25, 0.3) is 11.4 Å². The Morgan fingerprint density at radius 2 is 2.00 bits per heavy atom. The predicted octanol–water partition coefficient (Wildman–Crippen LogP) is 3.08. The molecule has 0 saturated heterocycles. The van der Waals surface area contributed by atoms with Crippen molar-refractivity contribution in [3.63, 3.8) is 0 Å². The standard InChI is InChI=1S/C15H19N3O/c1-3-8-19-13-7-5-6-11(9-13)15-17-12(4-2)10-14(16)18-15/h5-7,9-10H,3-4,8H2,1-2H3,(H2,16,17,18). The molecule has 4 heteroatoms. The zero-order chi connectivity index (χ0) is 13.7. The summed E-state index contributed by atoms with van der Waals surface area (Å²) in [6.45, 7) is 4.84. The molecule has 1 heterocycles. The van der Waals surface area contributed by atoms with Crippen molar-refractivity contribution in [2.45, 2.75) is 26.7 Å². The zero-order valence-electron chi connectivity index (χ0n) is 11.4. The van der Waals surface area contributed by atoms with Crippen molar-refractivity contribution in [2.24, 2.45) is 0 Å². The molecule has 0 unspecified atom stereocenters. The SMILES string of the molecule is CCCOc1cccc(-c2nc(N)cc(CC)n2)c1. The number of benzene rings is 1. The van der Waals surface area contributed by atoms with Gasteiger partial charge in [0.25, 0.3) is 0 Å². The van der Waals surface area contributed by atoms with Crippen LogP contribution in [0, 0.1) is 0 Å². The first kappa shape index (κ1) is 13.3. The summed E-state index contributed by atoms with van der Waals surface area (Å²) in [4.78, 5) is 8.78. The van der Waals surface area contributed by atoms with E-state index in [1.54, 1.807) is 6.07 Å². The molecule has 0 radical (unpaired) electrons. The summed E-state index contributed by atoms with van der Waals surface area (Å²) in [5.74, 6) is 1.99. The van der Waals surface area contributed by atoms with E-state index in [2.05, 4.69) is 16.9 Å². The van der Waals surface area contributed by atoms with Gasteiger partial charge in [-0.3, -0.25) is 0 Å². The first-order chi connectivity index (χ1) is 9.22. The van der Waals surface area contributed by atoms with Crippen molar-refractivity contribution < 1.29 is 4.74 Å². The van der Waals surface area contributed by atoms with Crippen molar-refractivity contribution in [3.05, 3.63) is 36.0 Å². The zero-order valence-corrected chi connectivity index (χ0v) is 11.4. The molecule has 0 aliphatic rings. The maximum atomic E-state index is 5.81. The van der Waals surface area contributed by atoms with E-state index in [9.17, 15) is 0 Å². The molecule has 0 saturated carbocycles. The summed E-state index contributed by atoms with van der Waals surface area (Å²) < 4.78 is 5.62. The highest BCUT2D eigenvalue weighted by atomic mass is 16.5. The number of anilines is 1. The van der Waals surface area contributed by atoms with Crippen LogP contribution in [0.2, 0.25) is 0 Å². The number of hydrogen-bond donors (Lipinski definition) is 1. The van der Waals surface area contributed by atoms with Crippen LogP contribution >= 0.6 is 0 Å². The summed E-state index contributed by atoms with van der Waals surface area (Å²) in [6.07, 6.45) is 1.82. The number of nitrogens with two attached hydrogens (primary N) is 1. The highest BCUT2D eigenvalue weighted by molar-refractivity contribution is 5.59. The Bertz CT molecular complexity index is 555.